The second-order valence-electron chi connectivity index (χ2n) is 5.47. The second-order valence-corrected chi connectivity index (χ2v) is 5.47. The van der Waals surface area contributed by atoms with Crippen LogP contribution in [-0.4, -0.2) is 9.55 Å². The Labute approximate surface area is 123 Å². The van der Waals surface area contributed by atoms with Crippen LogP contribution >= 0.6 is 0 Å². The van der Waals surface area contributed by atoms with Gasteiger partial charge in [-0.1, -0.05) is 30.3 Å². The van der Waals surface area contributed by atoms with E-state index in [0.717, 1.165) is 27.9 Å². The zero-order valence-electron chi connectivity index (χ0n) is 12.8. The van der Waals surface area contributed by atoms with E-state index in [1.54, 1.807) is 17.7 Å². The molecule has 0 bridgehead atoms. The number of nitrogens with zero attached hydrogens (tertiary/aromatic N) is 2. The monoisotopic (exact) mass is 278 g/mol. The van der Waals surface area contributed by atoms with Crippen LogP contribution in [0.2, 0.25) is 0 Å². The number of rotatable bonds is 1. The average Bonchev–Trinajstić information content (AvgIpc) is 2.49. The molecule has 0 aliphatic carbocycles. The molecule has 21 heavy (non-hydrogen) atoms. The van der Waals surface area contributed by atoms with E-state index in [1.807, 2.05) is 37.3 Å². The lowest BCUT2D eigenvalue weighted by molar-refractivity contribution is 0.881. The Morgan fingerprint density at radius 1 is 1.00 bits per heavy atom. The van der Waals surface area contributed by atoms with Gasteiger partial charge in [-0.05, 0) is 43.0 Å². The summed E-state index contributed by atoms with van der Waals surface area (Å²) in [5.41, 5.74) is 6.07. The molecule has 106 valence electrons. The maximum absolute atomic E-state index is 12.3. The van der Waals surface area contributed by atoms with Crippen LogP contribution in [0.3, 0.4) is 0 Å². The van der Waals surface area contributed by atoms with Crippen LogP contribution in [0.4, 0.5) is 0 Å². The lowest BCUT2D eigenvalue weighted by Gasteiger charge is -2.15. The summed E-state index contributed by atoms with van der Waals surface area (Å²) < 4.78 is 1.63. The molecule has 0 atom stereocenters. The summed E-state index contributed by atoms with van der Waals surface area (Å²) >= 11 is 0. The van der Waals surface area contributed by atoms with E-state index in [-0.39, 0.29) is 5.56 Å². The minimum atomic E-state index is -0.0310. The maximum Gasteiger partial charge on any atom is 0.252 e. The third-order valence-corrected chi connectivity index (χ3v) is 4.25. The van der Waals surface area contributed by atoms with Crippen molar-refractivity contribution < 1.29 is 0 Å². The van der Waals surface area contributed by atoms with Crippen molar-refractivity contribution in [2.75, 3.05) is 0 Å². The van der Waals surface area contributed by atoms with Gasteiger partial charge in [0.05, 0.1) is 0 Å². The van der Waals surface area contributed by atoms with Crippen LogP contribution < -0.4 is 5.56 Å². The Morgan fingerprint density at radius 2 is 1.67 bits per heavy atom. The van der Waals surface area contributed by atoms with Crippen LogP contribution in [-0.2, 0) is 7.05 Å². The molecule has 0 fully saturated rings. The van der Waals surface area contributed by atoms with Crippen molar-refractivity contribution in [1.82, 2.24) is 9.55 Å². The molecule has 2 heterocycles. The molecule has 3 rings (SSSR count). The summed E-state index contributed by atoms with van der Waals surface area (Å²) in [5.74, 6) is 0. The van der Waals surface area contributed by atoms with E-state index >= 15 is 0 Å². The smallest absolute Gasteiger partial charge is 0.252 e. The average molecular weight is 278 g/mol. The van der Waals surface area contributed by atoms with Crippen molar-refractivity contribution in [2.24, 2.45) is 7.05 Å². The molecule has 0 saturated carbocycles. The van der Waals surface area contributed by atoms with Gasteiger partial charge in [0.1, 0.15) is 5.65 Å². The van der Waals surface area contributed by atoms with E-state index in [0.29, 0.717) is 0 Å². The zero-order valence-corrected chi connectivity index (χ0v) is 12.8. The Balaban J connectivity index is 2.55. The fourth-order valence-corrected chi connectivity index (χ4v) is 2.73. The molecule has 0 unspecified atom stereocenters. The number of aryl methyl sites for hydroxylation is 3. The van der Waals surface area contributed by atoms with Gasteiger partial charge >= 0.3 is 0 Å². The number of hydrogen-bond acceptors (Lipinski definition) is 2. The van der Waals surface area contributed by atoms with Crippen LogP contribution in [0.15, 0.2) is 41.2 Å². The second kappa shape index (κ2) is 4.85. The van der Waals surface area contributed by atoms with Gasteiger partial charge < -0.3 is 0 Å². The Bertz CT molecular complexity index is 893. The SMILES string of the molecule is Cc1nc2c(c(-c3ccccc3)cc(=O)n2C)c(C)c1C. The Hall–Kier alpha value is -2.42. The van der Waals surface area contributed by atoms with Gasteiger partial charge in [0.15, 0.2) is 0 Å². The molecule has 0 amide bonds. The van der Waals surface area contributed by atoms with E-state index in [1.165, 1.54) is 11.1 Å². The van der Waals surface area contributed by atoms with Crippen molar-refractivity contribution >= 4 is 11.0 Å². The van der Waals surface area contributed by atoms with Gasteiger partial charge in [0.25, 0.3) is 5.56 Å². The first kappa shape index (κ1) is 13.6. The van der Waals surface area contributed by atoms with Gasteiger partial charge in [-0.3, -0.25) is 9.36 Å². The summed E-state index contributed by atoms with van der Waals surface area (Å²) in [6.45, 7) is 6.17. The lowest BCUT2D eigenvalue weighted by Crippen LogP contribution is -2.18. The number of fused-ring (bicyclic) bond motifs is 1. The fraction of sp³-hybridized carbons (Fsp3) is 0.222. The molecule has 3 heteroatoms. The molecular formula is C18H18N2O. The third-order valence-electron chi connectivity index (χ3n) is 4.25. The van der Waals surface area contributed by atoms with Crippen molar-refractivity contribution in [1.29, 1.82) is 0 Å². The summed E-state index contributed by atoms with van der Waals surface area (Å²) in [4.78, 5) is 16.9. The van der Waals surface area contributed by atoms with Gasteiger partial charge in [0, 0.05) is 24.2 Å². The number of hydrogen-bond donors (Lipinski definition) is 0. The van der Waals surface area contributed by atoms with E-state index in [9.17, 15) is 4.79 Å². The maximum atomic E-state index is 12.3. The molecule has 2 aromatic heterocycles. The van der Waals surface area contributed by atoms with Crippen LogP contribution in [0, 0.1) is 20.8 Å². The number of benzene rings is 1. The molecule has 0 spiro atoms. The van der Waals surface area contributed by atoms with Gasteiger partial charge in [-0.15, -0.1) is 0 Å². The minimum Gasteiger partial charge on any atom is -0.296 e. The first-order valence-corrected chi connectivity index (χ1v) is 7.03. The van der Waals surface area contributed by atoms with Crippen LogP contribution in [0.5, 0.6) is 0 Å². The third kappa shape index (κ3) is 2.05. The molecule has 0 aliphatic heterocycles. The predicted octanol–water partition coefficient (Wildman–Crippen LogP) is 3.53. The van der Waals surface area contributed by atoms with Gasteiger partial charge in [0.2, 0.25) is 0 Å². The summed E-state index contributed by atoms with van der Waals surface area (Å²) in [6.07, 6.45) is 0. The van der Waals surface area contributed by atoms with Crippen molar-refractivity contribution in [3.63, 3.8) is 0 Å². The summed E-state index contributed by atoms with van der Waals surface area (Å²) in [5, 5.41) is 1.06. The predicted molar refractivity (Wildman–Crippen MR) is 86.6 cm³/mol. The molecular weight excluding hydrogens is 260 g/mol. The van der Waals surface area contributed by atoms with Crippen LogP contribution in [0.1, 0.15) is 16.8 Å². The van der Waals surface area contributed by atoms with Crippen molar-refractivity contribution in [3.8, 4) is 11.1 Å². The quantitative estimate of drug-likeness (QED) is 0.682. The minimum absolute atomic E-state index is 0.0310. The standard InChI is InChI=1S/C18H18N2O/c1-11-12(2)17-15(14-8-6-5-7-9-14)10-16(21)20(4)18(17)19-13(11)3/h5-10H,1-4H3. The fourth-order valence-electron chi connectivity index (χ4n) is 2.73. The zero-order chi connectivity index (χ0) is 15.1. The van der Waals surface area contributed by atoms with Gasteiger partial charge in [-0.25, -0.2) is 4.98 Å². The largest absolute Gasteiger partial charge is 0.296 e. The first-order chi connectivity index (χ1) is 10.0. The topological polar surface area (TPSA) is 34.9 Å². The Kier molecular flexibility index (Phi) is 3.13. The summed E-state index contributed by atoms with van der Waals surface area (Å²) in [7, 11) is 1.78. The Morgan fingerprint density at radius 3 is 2.33 bits per heavy atom. The molecule has 1 aromatic carbocycles. The van der Waals surface area contributed by atoms with E-state index in [4.69, 9.17) is 0 Å². The molecule has 3 aromatic rings. The highest BCUT2D eigenvalue weighted by Gasteiger charge is 2.14. The van der Waals surface area contributed by atoms with Crippen LogP contribution in [0.25, 0.3) is 22.2 Å². The van der Waals surface area contributed by atoms with E-state index in [2.05, 4.69) is 18.8 Å². The summed E-state index contributed by atoms with van der Waals surface area (Å²) in [6, 6.07) is 11.7. The van der Waals surface area contributed by atoms with E-state index < -0.39 is 0 Å². The van der Waals surface area contributed by atoms with Gasteiger partial charge in [-0.2, -0.15) is 0 Å². The highest BCUT2D eigenvalue weighted by molar-refractivity contribution is 5.95. The first-order valence-electron chi connectivity index (χ1n) is 7.03. The lowest BCUT2D eigenvalue weighted by atomic mass is 9.97. The molecule has 0 radical (unpaired) electrons. The number of aromatic nitrogens is 2. The highest BCUT2D eigenvalue weighted by atomic mass is 16.1. The normalized spacial score (nSPS) is 11.0. The molecule has 0 saturated heterocycles. The number of pyridine rings is 2. The molecule has 3 nitrogen and oxygen atoms in total. The molecule has 0 N–H and O–H groups in total. The van der Waals surface area contributed by atoms with Crippen molar-refractivity contribution in [3.05, 3.63) is 63.6 Å². The van der Waals surface area contributed by atoms with Crippen molar-refractivity contribution in [2.45, 2.75) is 20.8 Å². The molecule has 0 aliphatic rings. The highest BCUT2D eigenvalue weighted by Crippen LogP contribution is 2.30.